The van der Waals surface area contributed by atoms with E-state index in [1.54, 1.807) is 25.1 Å². The van der Waals surface area contributed by atoms with Gasteiger partial charge >= 0.3 is 0 Å². The van der Waals surface area contributed by atoms with E-state index in [1.807, 2.05) is 45.0 Å². The van der Waals surface area contributed by atoms with Crippen LogP contribution in [0, 0.1) is 0 Å². The highest BCUT2D eigenvalue weighted by Crippen LogP contribution is 2.27. The number of hydrogen-bond acceptors (Lipinski definition) is 3. The summed E-state index contributed by atoms with van der Waals surface area (Å²) in [7, 11) is 0. The Bertz CT molecular complexity index is 954. The molecule has 0 aliphatic carbocycles. The Labute approximate surface area is 201 Å². The molecule has 1 unspecified atom stereocenters. The Morgan fingerprint density at radius 3 is 2.31 bits per heavy atom. The van der Waals surface area contributed by atoms with Crippen molar-refractivity contribution >= 4 is 35.0 Å². The molecule has 0 saturated heterocycles. The molecule has 2 rings (SSSR count). The fraction of sp³-hybridized carbons (Fsp3) is 0.440. The van der Waals surface area contributed by atoms with Crippen molar-refractivity contribution in [3.8, 4) is 5.75 Å². The molecule has 32 heavy (non-hydrogen) atoms. The maximum Gasteiger partial charge on any atom is 0.261 e. The van der Waals surface area contributed by atoms with Gasteiger partial charge in [0.05, 0.1) is 0 Å². The number of rotatable bonds is 8. The van der Waals surface area contributed by atoms with E-state index in [2.05, 4.69) is 19.2 Å². The molecular weight excluding hydrogens is 447 g/mol. The Morgan fingerprint density at radius 2 is 1.72 bits per heavy atom. The van der Waals surface area contributed by atoms with Crippen LogP contribution >= 0.6 is 23.2 Å². The standard InChI is InChI=1S/C25H32Cl2N2O3/c1-16(2)20-9-7-8-10-22(20)32-15-23(30)29(17(3)24(31)28-25(4,5)6)14-18-11-12-19(26)13-21(18)27/h7-13,16-17H,14-15H2,1-6H3,(H,28,31). The van der Waals surface area contributed by atoms with E-state index in [1.165, 1.54) is 4.90 Å². The van der Waals surface area contributed by atoms with Gasteiger partial charge in [0, 0.05) is 22.1 Å². The number of benzene rings is 2. The highest BCUT2D eigenvalue weighted by atomic mass is 35.5. The molecule has 0 aliphatic rings. The smallest absolute Gasteiger partial charge is 0.261 e. The van der Waals surface area contributed by atoms with Gasteiger partial charge in [-0.05, 0) is 62.9 Å². The molecular formula is C25H32Cl2N2O3. The molecule has 1 N–H and O–H groups in total. The van der Waals surface area contributed by atoms with Gasteiger partial charge in [-0.1, -0.05) is 61.3 Å². The Morgan fingerprint density at radius 1 is 1.06 bits per heavy atom. The number of amides is 2. The highest BCUT2D eigenvalue weighted by molar-refractivity contribution is 6.35. The molecule has 5 nitrogen and oxygen atoms in total. The minimum absolute atomic E-state index is 0.156. The molecule has 0 aromatic heterocycles. The molecule has 0 saturated carbocycles. The average molecular weight is 479 g/mol. The van der Waals surface area contributed by atoms with Crippen molar-refractivity contribution in [2.45, 2.75) is 65.6 Å². The molecule has 174 valence electrons. The lowest BCUT2D eigenvalue weighted by Crippen LogP contribution is -2.53. The first-order valence-electron chi connectivity index (χ1n) is 10.7. The molecule has 0 spiro atoms. The second kappa shape index (κ2) is 11.1. The van der Waals surface area contributed by atoms with Gasteiger partial charge in [0.2, 0.25) is 5.91 Å². The van der Waals surface area contributed by atoms with Gasteiger partial charge in [0.15, 0.2) is 6.61 Å². The summed E-state index contributed by atoms with van der Waals surface area (Å²) in [6.07, 6.45) is 0. The van der Waals surface area contributed by atoms with Gasteiger partial charge < -0.3 is 15.0 Å². The molecule has 7 heteroatoms. The van der Waals surface area contributed by atoms with E-state index in [-0.39, 0.29) is 30.9 Å². The lowest BCUT2D eigenvalue weighted by Gasteiger charge is -2.31. The predicted molar refractivity (Wildman–Crippen MR) is 130 cm³/mol. The number of carbonyl (C=O) groups excluding carboxylic acids is 2. The maximum atomic E-state index is 13.2. The van der Waals surface area contributed by atoms with E-state index < -0.39 is 11.6 Å². The van der Waals surface area contributed by atoms with Crippen LogP contribution in [0.3, 0.4) is 0 Å². The third-order valence-electron chi connectivity index (χ3n) is 4.91. The number of carbonyl (C=O) groups is 2. The number of hydrogen-bond donors (Lipinski definition) is 1. The summed E-state index contributed by atoms with van der Waals surface area (Å²) in [6.45, 7) is 11.5. The Kier molecular flexibility index (Phi) is 8.99. The first-order valence-corrected chi connectivity index (χ1v) is 11.4. The van der Waals surface area contributed by atoms with E-state index in [9.17, 15) is 9.59 Å². The van der Waals surface area contributed by atoms with Crippen LogP contribution in [0.2, 0.25) is 10.0 Å². The molecule has 0 fully saturated rings. The number of para-hydroxylation sites is 1. The zero-order valence-electron chi connectivity index (χ0n) is 19.5. The predicted octanol–water partition coefficient (Wildman–Crippen LogP) is 5.83. The summed E-state index contributed by atoms with van der Waals surface area (Å²) >= 11 is 12.4. The number of halogens is 2. The number of ether oxygens (including phenoxy) is 1. The van der Waals surface area contributed by atoms with Crippen molar-refractivity contribution in [1.82, 2.24) is 10.2 Å². The summed E-state index contributed by atoms with van der Waals surface area (Å²) in [5.74, 6) is 0.346. The van der Waals surface area contributed by atoms with Crippen LogP contribution in [0.25, 0.3) is 0 Å². The SMILES string of the molecule is CC(C)c1ccccc1OCC(=O)N(Cc1ccc(Cl)cc1Cl)C(C)C(=O)NC(C)(C)C. The van der Waals surface area contributed by atoms with E-state index >= 15 is 0 Å². The van der Waals surface area contributed by atoms with Crippen LogP contribution in [0.4, 0.5) is 0 Å². The van der Waals surface area contributed by atoms with Crippen LogP contribution in [0.5, 0.6) is 5.75 Å². The van der Waals surface area contributed by atoms with E-state index in [0.717, 1.165) is 5.56 Å². The molecule has 0 bridgehead atoms. The molecule has 0 aliphatic heterocycles. The highest BCUT2D eigenvalue weighted by Gasteiger charge is 2.29. The van der Waals surface area contributed by atoms with Crippen molar-refractivity contribution in [3.63, 3.8) is 0 Å². The van der Waals surface area contributed by atoms with Crippen molar-refractivity contribution in [3.05, 3.63) is 63.6 Å². The summed E-state index contributed by atoms with van der Waals surface area (Å²) in [5, 5.41) is 3.87. The van der Waals surface area contributed by atoms with Gasteiger partial charge in [-0.25, -0.2) is 0 Å². The first kappa shape index (κ1) is 26.0. The van der Waals surface area contributed by atoms with Crippen LogP contribution < -0.4 is 10.1 Å². The summed E-state index contributed by atoms with van der Waals surface area (Å²) < 4.78 is 5.88. The van der Waals surface area contributed by atoms with Crippen molar-refractivity contribution in [2.75, 3.05) is 6.61 Å². The number of nitrogens with zero attached hydrogens (tertiary/aromatic N) is 1. The van der Waals surface area contributed by atoms with Crippen LogP contribution in [-0.4, -0.2) is 34.9 Å². The zero-order valence-corrected chi connectivity index (χ0v) is 21.1. The van der Waals surface area contributed by atoms with Gasteiger partial charge in [-0.2, -0.15) is 0 Å². The van der Waals surface area contributed by atoms with Crippen molar-refractivity contribution in [2.24, 2.45) is 0 Å². The second-order valence-electron chi connectivity index (χ2n) is 9.15. The largest absolute Gasteiger partial charge is 0.483 e. The summed E-state index contributed by atoms with van der Waals surface area (Å²) in [4.78, 5) is 27.6. The van der Waals surface area contributed by atoms with Crippen LogP contribution in [-0.2, 0) is 16.1 Å². The number of nitrogens with one attached hydrogen (secondary N) is 1. The second-order valence-corrected chi connectivity index (χ2v) is 10.00. The molecule has 2 aromatic rings. The van der Waals surface area contributed by atoms with Gasteiger partial charge in [0.1, 0.15) is 11.8 Å². The summed E-state index contributed by atoms with van der Waals surface area (Å²) in [5.41, 5.74) is 1.29. The third-order valence-corrected chi connectivity index (χ3v) is 5.50. The lowest BCUT2D eigenvalue weighted by molar-refractivity contribution is -0.142. The Hall–Kier alpha value is -2.24. The molecule has 0 heterocycles. The van der Waals surface area contributed by atoms with Gasteiger partial charge in [0.25, 0.3) is 5.91 Å². The topological polar surface area (TPSA) is 58.6 Å². The normalized spacial score (nSPS) is 12.4. The van der Waals surface area contributed by atoms with Crippen molar-refractivity contribution in [1.29, 1.82) is 0 Å². The maximum absolute atomic E-state index is 13.2. The molecule has 1 atom stereocenters. The molecule has 0 radical (unpaired) electrons. The lowest BCUT2D eigenvalue weighted by atomic mass is 10.0. The van der Waals surface area contributed by atoms with E-state index in [4.69, 9.17) is 27.9 Å². The molecule has 2 amide bonds. The molecule has 2 aromatic carbocycles. The average Bonchev–Trinajstić information content (AvgIpc) is 2.70. The first-order chi connectivity index (χ1) is 14.9. The van der Waals surface area contributed by atoms with Crippen molar-refractivity contribution < 1.29 is 14.3 Å². The third kappa shape index (κ3) is 7.42. The fourth-order valence-corrected chi connectivity index (χ4v) is 3.67. The fourth-order valence-electron chi connectivity index (χ4n) is 3.20. The summed E-state index contributed by atoms with van der Waals surface area (Å²) in [6, 6.07) is 12.0. The van der Waals surface area contributed by atoms with Crippen LogP contribution in [0.15, 0.2) is 42.5 Å². The Balaban J connectivity index is 2.26. The van der Waals surface area contributed by atoms with Gasteiger partial charge in [-0.15, -0.1) is 0 Å². The minimum atomic E-state index is -0.725. The zero-order chi connectivity index (χ0) is 24.1. The minimum Gasteiger partial charge on any atom is -0.483 e. The monoisotopic (exact) mass is 478 g/mol. The quantitative estimate of drug-likeness (QED) is 0.519. The van der Waals surface area contributed by atoms with Gasteiger partial charge in [-0.3, -0.25) is 9.59 Å². The van der Waals surface area contributed by atoms with E-state index in [0.29, 0.717) is 21.4 Å². The van der Waals surface area contributed by atoms with Crippen LogP contribution in [0.1, 0.15) is 58.6 Å².